The van der Waals surface area contributed by atoms with E-state index in [4.69, 9.17) is 9.47 Å². The zero-order chi connectivity index (χ0) is 24.9. The molecule has 0 atom stereocenters. The van der Waals surface area contributed by atoms with Crippen LogP contribution < -0.4 is 14.9 Å². The van der Waals surface area contributed by atoms with E-state index in [0.717, 1.165) is 27.7 Å². The molecule has 0 spiro atoms. The molecule has 4 rings (SSSR count). The Bertz CT molecular complexity index is 1400. The summed E-state index contributed by atoms with van der Waals surface area (Å²) in [4.78, 5) is 23.2. The lowest BCUT2D eigenvalue weighted by Gasteiger charge is -2.09. The number of nitro benzene ring substituents is 1. The van der Waals surface area contributed by atoms with Crippen LogP contribution in [0.3, 0.4) is 0 Å². The number of nitrogens with one attached hydrogen (secondary N) is 1. The molecule has 35 heavy (non-hydrogen) atoms. The number of carbonyl (C=O) groups is 1. The highest BCUT2D eigenvalue weighted by Crippen LogP contribution is 2.26. The molecule has 1 aromatic heterocycles. The number of hydrazone groups is 1. The largest absolute Gasteiger partial charge is 0.497 e. The molecular weight excluding hydrogens is 448 g/mol. The van der Waals surface area contributed by atoms with Gasteiger partial charge in [0, 0.05) is 52.5 Å². The van der Waals surface area contributed by atoms with Crippen molar-refractivity contribution in [2.24, 2.45) is 5.10 Å². The maximum absolute atomic E-state index is 12.7. The molecule has 0 aliphatic heterocycles. The smallest absolute Gasteiger partial charge is 0.271 e. The number of non-ortho nitro benzene ring substituents is 1. The van der Waals surface area contributed by atoms with Crippen molar-refractivity contribution in [2.75, 3.05) is 14.2 Å². The number of hydrogen-bond acceptors (Lipinski definition) is 6. The van der Waals surface area contributed by atoms with Gasteiger partial charge in [-0.3, -0.25) is 14.9 Å². The Labute approximate surface area is 201 Å². The van der Waals surface area contributed by atoms with E-state index < -0.39 is 10.8 Å². The second kappa shape index (κ2) is 10.1. The van der Waals surface area contributed by atoms with Gasteiger partial charge >= 0.3 is 0 Å². The molecule has 1 amide bonds. The van der Waals surface area contributed by atoms with Gasteiger partial charge in [0.05, 0.1) is 25.4 Å². The minimum atomic E-state index is -0.412. The Morgan fingerprint density at radius 3 is 2.34 bits per heavy atom. The number of rotatable bonds is 8. The first-order chi connectivity index (χ1) is 16.9. The van der Waals surface area contributed by atoms with Crippen molar-refractivity contribution in [1.82, 2.24) is 9.99 Å². The number of methoxy groups -OCH3 is 2. The van der Waals surface area contributed by atoms with Gasteiger partial charge in [-0.05, 0) is 30.7 Å². The lowest BCUT2D eigenvalue weighted by molar-refractivity contribution is -0.384. The fourth-order valence-corrected chi connectivity index (χ4v) is 3.89. The summed E-state index contributed by atoms with van der Waals surface area (Å²) in [6, 6.07) is 19.3. The highest BCUT2D eigenvalue weighted by atomic mass is 16.6. The molecule has 0 radical (unpaired) electrons. The van der Waals surface area contributed by atoms with Crippen LogP contribution in [0.2, 0.25) is 0 Å². The number of benzene rings is 3. The number of nitrogens with zero attached hydrogens (tertiary/aromatic N) is 3. The van der Waals surface area contributed by atoms with E-state index in [1.807, 2.05) is 31.2 Å². The van der Waals surface area contributed by atoms with Crippen molar-refractivity contribution in [3.05, 3.63) is 99.2 Å². The van der Waals surface area contributed by atoms with Crippen LogP contribution in [-0.2, 0) is 6.54 Å². The SMILES string of the molecule is COc1cc(OC)cc(C(=O)N/N=C\c2c(C)n(Cc3ccc([N+](=O)[O-])cc3)c3ccccc23)c1. The second-order valence-electron chi connectivity index (χ2n) is 7.83. The average Bonchev–Trinajstić information content (AvgIpc) is 3.14. The van der Waals surface area contributed by atoms with Gasteiger partial charge in [-0.25, -0.2) is 5.43 Å². The number of fused-ring (bicyclic) bond motifs is 1. The second-order valence-corrected chi connectivity index (χ2v) is 7.83. The number of amides is 1. The maximum atomic E-state index is 12.7. The van der Waals surface area contributed by atoms with Crippen molar-refractivity contribution >= 4 is 28.7 Å². The first-order valence-electron chi connectivity index (χ1n) is 10.8. The molecule has 0 fully saturated rings. The summed E-state index contributed by atoms with van der Waals surface area (Å²) in [5.74, 6) is 0.609. The van der Waals surface area contributed by atoms with E-state index >= 15 is 0 Å². The summed E-state index contributed by atoms with van der Waals surface area (Å²) in [7, 11) is 3.04. The van der Waals surface area contributed by atoms with E-state index in [9.17, 15) is 14.9 Å². The van der Waals surface area contributed by atoms with Crippen molar-refractivity contribution < 1.29 is 19.2 Å². The molecule has 1 heterocycles. The van der Waals surface area contributed by atoms with Crippen LogP contribution >= 0.6 is 0 Å². The lowest BCUT2D eigenvalue weighted by Crippen LogP contribution is -2.17. The molecule has 178 valence electrons. The van der Waals surface area contributed by atoms with Crippen LogP contribution in [0.1, 0.15) is 27.2 Å². The molecule has 9 heteroatoms. The summed E-state index contributed by atoms with van der Waals surface area (Å²) >= 11 is 0. The van der Waals surface area contributed by atoms with Gasteiger partial charge in [0.1, 0.15) is 11.5 Å². The monoisotopic (exact) mass is 472 g/mol. The minimum absolute atomic E-state index is 0.0556. The van der Waals surface area contributed by atoms with E-state index in [-0.39, 0.29) is 5.69 Å². The van der Waals surface area contributed by atoms with Crippen LogP contribution in [0, 0.1) is 17.0 Å². The fourth-order valence-electron chi connectivity index (χ4n) is 3.89. The molecule has 0 saturated carbocycles. The summed E-state index contributed by atoms with van der Waals surface area (Å²) in [5.41, 5.74) is 6.72. The first kappa shape index (κ1) is 23.5. The zero-order valence-electron chi connectivity index (χ0n) is 19.5. The molecule has 0 aliphatic rings. The molecule has 9 nitrogen and oxygen atoms in total. The lowest BCUT2D eigenvalue weighted by atomic mass is 10.1. The maximum Gasteiger partial charge on any atom is 0.271 e. The standard InChI is InChI=1S/C26H24N4O5/c1-17-24(15-27-28-26(31)19-12-21(34-2)14-22(13-19)35-3)23-6-4-5-7-25(23)29(17)16-18-8-10-20(11-9-18)30(32)33/h4-15H,16H2,1-3H3,(H,28,31)/b27-15-. The Kier molecular flexibility index (Phi) is 6.77. The van der Waals surface area contributed by atoms with Gasteiger partial charge in [0.25, 0.3) is 11.6 Å². The predicted molar refractivity (Wildman–Crippen MR) is 133 cm³/mol. The highest BCUT2D eigenvalue weighted by molar-refractivity contribution is 6.02. The number of ether oxygens (including phenoxy) is 2. The van der Waals surface area contributed by atoms with Crippen molar-refractivity contribution in [2.45, 2.75) is 13.5 Å². The molecule has 0 bridgehead atoms. The number of carbonyl (C=O) groups excluding carboxylic acids is 1. The summed E-state index contributed by atoms with van der Waals surface area (Å²) in [6.07, 6.45) is 1.62. The van der Waals surface area contributed by atoms with Crippen LogP contribution in [0.25, 0.3) is 10.9 Å². The van der Waals surface area contributed by atoms with Crippen molar-refractivity contribution in [3.63, 3.8) is 0 Å². The molecule has 0 saturated heterocycles. The van der Waals surface area contributed by atoms with Crippen LogP contribution in [0.5, 0.6) is 11.5 Å². The third-order valence-electron chi connectivity index (χ3n) is 5.74. The topological polar surface area (TPSA) is 108 Å². The van der Waals surface area contributed by atoms with Gasteiger partial charge in [-0.1, -0.05) is 30.3 Å². The Morgan fingerprint density at radius 1 is 1.06 bits per heavy atom. The minimum Gasteiger partial charge on any atom is -0.497 e. The summed E-state index contributed by atoms with van der Waals surface area (Å²) in [5, 5.41) is 16.1. The van der Waals surface area contributed by atoms with E-state index in [1.54, 1.807) is 36.5 Å². The molecule has 3 aromatic carbocycles. The normalized spacial score (nSPS) is 11.1. The number of para-hydroxylation sites is 1. The Morgan fingerprint density at radius 2 is 1.71 bits per heavy atom. The molecular formula is C26H24N4O5. The van der Waals surface area contributed by atoms with Crippen LogP contribution in [0.15, 0.2) is 71.8 Å². The summed E-state index contributed by atoms with van der Waals surface area (Å²) < 4.78 is 12.6. The molecule has 0 unspecified atom stereocenters. The van der Waals surface area contributed by atoms with Crippen LogP contribution in [-0.4, -0.2) is 35.8 Å². The zero-order valence-corrected chi connectivity index (χ0v) is 19.5. The molecule has 1 N–H and O–H groups in total. The third kappa shape index (κ3) is 4.98. The number of hydrogen-bond donors (Lipinski definition) is 1. The molecule has 4 aromatic rings. The first-order valence-corrected chi connectivity index (χ1v) is 10.8. The van der Waals surface area contributed by atoms with E-state index in [2.05, 4.69) is 15.1 Å². The van der Waals surface area contributed by atoms with E-state index in [0.29, 0.717) is 23.6 Å². The van der Waals surface area contributed by atoms with Crippen LogP contribution in [0.4, 0.5) is 5.69 Å². The number of aromatic nitrogens is 1. The Hall–Kier alpha value is -4.66. The van der Waals surface area contributed by atoms with Gasteiger partial charge in [-0.15, -0.1) is 0 Å². The van der Waals surface area contributed by atoms with Gasteiger partial charge in [0.2, 0.25) is 0 Å². The quantitative estimate of drug-likeness (QED) is 0.227. The van der Waals surface area contributed by atoms with Gasteiger partial charge < -0.3 is 14.0 Å². The van der Waals surface area contributed by atoms with Gasteiger partial charge in [0.15, 0.2) is 0 Å². The van der Waals surface area contributed by atoms with Crippen molar-refractivity contribution in [1.29, 1.82) is 0 Å². The molecule has 0 aliphatic carbocycles. The average molecular weight is 473 g/mol. The van der Waals surface area contributed by atoms with Crippen molar-refractivity contribution in [3.8, 4) is 11.5 Å². The predicted octanol–water partition coefficient (Wildman–Crippen LogP) is 4.69. The van der Waals surface area contributed by atoms with Gasteiger partial charge in [-0.2, -0.15) is 5.10 Å². The summed E-state index contributed by atoms with van der Waals surface area (Å²) in [6.45, 7) is 2.51. The number of nitro groups is 1. The third-order valence-corrected chi connectivity index (χ3v) is 5.74. The fraction of sp³-hybridized carbons (Fsp3) is 0.154. The van der Waals surface area contributed by atoms with E-state index in [1.165, 1.54) is 26.4 Å². The highest BCUT2D eigenvalue weighted by Gasteiger charge is 2.14. The Balaban J connectivity index is 1.60.